The summed E-state index contributed by atoms with van der Waals surface area (Å²) in [5.41, 5.74) is 0.676. The molecule has 128 valence electrons. The Labute approximate surface area is 144 Å². The Morgan fingerprint density at radius 2 is 2.21 bits per heavy atom. The molecule has 3 rings (SSSR count). The van der Waals surface area contributed by atoms with Gasteiger partial charge in [0.15, 0.2) is 0 Å². The number of carboxylic acids is 1. The number of fused-ring (bicyclic) bond motifs is 1. The van der Waals surface area contributed by atoms with Gasteiger partial charge in [-0.1, -0.05) is 6.07 Å². The van der Waals surface area contributed by atoms with Crippen LogP contribution in [0.25, 0.3) is 0 Å². The highest BCUT2D eigenvalue weighted by Crippen LogP contribution is 2.37. The molecule has 7 nitrogen and oxygen atoms in total. The van der Waals surface area contributed by atoms with Gasteiger partial charge in [-0.05, 0) is 30.6 Å². The van der Waals surface area contributed by atoms with Crippen molar-refractivity contribution >= 4 is 30.8 Å². The molecule has 0 saturated carbocycles. The molecule has 0 aliphatic carbocycles. The third-order valence-electron chi connectivity index (χ3n) is 4.09. The molecule has 2 N–H and O–H groups in total. The number of carbonyl (C=O) groups is 2. The van der Waals surface area contributed by atoms with Crippen LogP contribution in [-0.4, -0.2) is 65.2 Å². The van der Waals surface area contributed by atoms with Gasteiger partial charge in [0.25, 0.3) is 0 Å². The third kappa shape index (κ3) is 3.32. The van der Waals surface area contributed by atoms with Crippen LogP contribution < -0.4 is 9.39 Å². The largest absolute Gasteiger partial charge is 0.535 e. The number of hydrogen-bond donors (Lipinski definition) is 2. The van der Waals surface area contributed by atoms with E-state index in [1.807, 2.05) is 6.26 Å². The summed E-state index contributed by atoms with van der Waals surface area (Å²) in [6.45, 7) is 0.887. The van der Waals surface area contributed by atoms with Gasteiger partial charge in [-0.15, -0.1) is 0 Å². The SMILES string of the molecule is CSCC(=O)N1CC(Oc2ccc3c(c2C(=O)O)OB(O)CC3)C1. The van der Waals surface area contributed by atoms with Crippen molar-refractivity contribution in [3.8, 4) is 11.5 Å². The van der Waals surface area contributed by atoms with Crippen LogP contribution in [0.5, 0.6) is 11.5 Å². The lowest BCUT2D eigenvalue weighted by atomic mass is 9.78. The minimum atomic E-state index is -1.16. The van der Waals surface area contributed by atoms with Gasteiger partial charge in [0.2, 0.25) is 5.91 Å². The lowest BCUT2D eigenvalue weighted by Gasteiger charge is -2.39. The number of ether oxygens (including phenoxy) is 1. The molecule has 1 fully saturated rings. The van der Waals surface area contributed by atoms with Crippen molar-refractivity contribution in [3.05, 3.63) is 23.3 Å². The Kier molecular flexibility index (Phi) is 4.91. The molecular weight excluding hydrogens is 333 g/mol. The van der Waals surface area contributed by atoms with E-state index in [1.165, 1.54) is 11.8 Å². The minimum absolute atomic E-state index is 0.0534. The zero-order chi connectivity index (χ0) is 17.3. The van der Waals surface area contributed by atoms with Crippen LogP contribution in [-0.2, 0) is 11.2 Å². The predicted octanol–water partition coefficient (Wildman–Crippen LogP) is 0.753. The number of thioether (sulfide) groups is 1. The number of likely N-dealkylation sites (tertiary alicyclic amines) is 1. The summed E-state index contributed by atoms with van der Waals surface area (Å²) in [7, 11) is -1.01. The molecule has 2 heterocycles. The number of carboxylic acid groups (broad SMARTS) is 1. The highest BCUT2D eigenvalue weighted by atomic mass is 32.2. The van der Waals surface area contributed by atoms with Crippen molar-refractivity contribution in [2.24, 2.45) is 0 Å². The standard InChI is InChI=1S/C15H18BNO6S/c1-24-8-12(18)17-6-10(7-17)22-11-3-2-9-4-5-16(21)23-14(9)13(11)15(19)20/h2-3,10,21H,4-8H2,1H3,(H,19,20). The number of hydrogen-bond acceptors (Lipinski definition) is 6. The zero-order valence-corrected chi connectivity index (χ0v) is 14.0. The molecule has 24 heavy (non-hydrogen) atoms. The summed E-state index contributed by atoms with van der Waals surface area (Å²) in [6, 6.07) is 3.38. The number of aryl methyl sites for hydroxylation is 1. The topological polar surface area (TPSA) is 96.3 Å². The summed E-state index contributed by atoms with van der Waals surface area (Å²) in [6.07, 6.45) is 2.62. The molecule has 0 atom stereocenters. The van der Waals surface area contributed by atoms with Gasteiger partial charge < -0.3 is 24.4 Å². The number of carbonyl (C=O) groups excluding carboxylic acids is 1. The van der Waals surface area contributed by atoms with Gasteiger partial charge in [-0.25, -0.2) is 4.79 Å². The fourth-order valence-electron chi connectivity index (χ4n) is 2.82. The summed E-state index contributed by atoms with van der Waals surface area (Å²) in [5.74, 6) is -0.300. The van der Waals surface area contributed by atoms with E-state index in [0.29, 0.717) is 31.6 Å². The number of aromatic carboxylic acids is 1. The van der Waals surface area contributed by atoms with E-state index in [1.54, 1.807) is 17.0 Å². The van der Waals surface area contributed by atoms with Crippen LogP contribution in [0.15, 0.2) is 12.1 Å². The van der Waals surface area contributed by atoms with E-state index in [0.717, 1.165) is 5.56 Å². The second-order valence-corrected chi connectivity index (χ2v) is 6.68. The molecule has 0 bridgehead atoms. The van der Waals surface area contributed by atoms with Crippen molar-refractivity contribution in [2.75, 3.05) is 25.1 Å². The Morgan fingerprint density at radius 1 is 1.46 bits per heavy atom. The van der Waals surface area contributed by atoms with Crippen molar-refractivity contribution in [2.45, 2.75) is 18.8 Å². The Morgan fingerprint density at radius 3 is 2.88 bits per heavy atom. The van der Waals surface area contributed by atoms with E-state index in [9.17, 15) is 19.7 Å². The molecule has 0 radical (unpaired) electrons. The number of amides is 1. The maximum absolute atomic E-state index is 11.7. The lowest BCUT2D eigenvalue weighted by molar-refractivity contribution is -0.137. The van der Waals surface area contributed by atoms with E-state index >= 15 is 0 Å². The van der Waals surface area contributed by atoms with Gasteiger partial charge in [0, 0.05) is 0 Å². The van der Waals surface area contributed by atoms with Crippen molar-refractivity contribution in [1.29, 1.82) is 0 Å². The number of benzene rings is 1. The second-order valence-electron chi connectivity index (χ2n) is 5.81. The highest BCUT2D eigenvalue weighted by molar-refractivity contribution is 7.99. The van der Waals surface area contributed by atoms with Gasteiger partial charge in [-0.3, -0.25) is 4.79 Å². The Hall–Kier alpha value is -1.87. The van der Waals surface area contributed by atoms with Crippen LogP contribution in [0.3, 0.4) is 0 Å². The first-order valence-electron chi connectivity index (χ1n) is 7.67. The van der Waals surface area contributed by atoms with Gasteiger partial charge in [-0.2, -0.15) is 11.8 Å². The predicted molar refractivity (Wildman–Crippen MR) is 89.9 cm³/mol. The Bertz CT molecular complexity index is 664. The summed E-state index contributed by atoms with van der Waals surface area (Å²) in [4.78, 5) is 25.1. The molecule has 1 saturated heterocycles. The molecule has 0 spiro atoms. The van der Waals surface area contributed by atoms with Crippen LogP contribution in [0.4, 0.5) is 0 Å². The number of rotatable bonds is 5. The molecular formula is C15H18BNO6S. The highest BCUT2D eigenvalue weighted by Gasteiger charge is 2.35. The van der Waals surface area contributed by atoms with Crippen molar-refractivity contribution in [3.63, 3.8) is 0 Å². The third-order valence-corrected chi connectivity index (χ3v) is 4.63. The van der Waals surface area contributed by atoms with Gasteiger partial charge in [0.1, 0.15) is 23.2 Å². The maximum Gasteiger partial charge on any atom is 0.522 e. The second kappa shape index (κ2) is 6.94. The lowest BCUT2D eigenvalue weighted by Crippen LogP contribution is -2.56. The van der Waals surface area contributed by atoms with Crippen molar-refractivity contribution in [1.82, 2.24) is 4.90 Å². The first-order chi connectivity index (χ1) is 11.5. The van der Waals surface area contributed by atoms with Crippen molar-refractivity contribution < 1.29 is 29.1 Å². The average Bonchev–Trinajstić information content (AvgIpc) is 2.49. The van der Waals surface area contributed by atoms with Gasteiger partial charge in [0.05, 0.1) is 18.8 Å². The molecule has 1 amide bonds. The molecule has 0 aromatic heterocycles. The van der Waals surface area contributed by atoms with E-state index in [-0.39, 0.29) is 29.1 Å². The van der Waals surface area contributed by atoms with Gasteiger partial charge >= 0.3 is 13.1 Å². The van der Waals surface area contributed by atoms with Crippen LogP contribution in [0, 0.1) is 0 Å². The summed E-state index contributed by atoms with van der Waals surface area (Å²) < 4.78 is 11.1. The molecule has 2 aliphatic heterocycles. The number of nitrogens with zero attached hydrogens (tertiary/aromatic N) is 1. The fraction of sp³-hybridized carbons (Fsp3) is 0.467. The molecule has 0 unspecified atom stereocenters. The fourth-order valence-corrected chi connectivity index (χ4v) is 3.25. The first-order valence-corrected chi connectivity index (χ1v) is 9.06. The van der Waals surface area contributed by atoms with E-state index in [2.05, 4.69) is 0 Å². The van der Waals surface area contributed by atoms with E-state index in [4.69, 9.17) is 9.39 Å². The molecule has 9 heteroatoms. The van der Waals surface area contributed by atoms with E-state index < -0.39 is 13.1 Å². The quantitative estimate of drug-likeness (QED) is 0.756. The molecule has 1 aromatic carbocycles. The normalized spacial score (nSPS) is 16.9. The molecule has 1 aromatic rings. The van der Waals surface area contributed by atoms with Crippen LogP contribution in [0.2, 0.25) is 6.32 Å². The smallest absolute Gasteiger partial charge is 0.522 e. The molecule has 2 aliphatic rings. The minimum Gasteiger partial charge on any atom is -0.535 e. The van der Waals surface area contributed by atoms with Crippen LogP contribution in [0.1, 0.15) is 15.9 Å². The average molecular weight is 351 g/mol. The zero-order valence-electron chi connectivity index (χ0n) is 13.2. The Balaban J connectivity index is 1.74. The maximum atomic E-state index is 11.7. The monoisotopic (exact) mass is 351 g/mol. The summed E-state index contributed by atoms with van der Waals surface area (Å²) in [5, 5.41) is 19.1. The summed E-state index contributed by atoms with van der Waals surface area (Å²) >= 11 is 1.46. The first kappa shape index (κ1) is 17.0. The van der Waals surface area contributed by atoms with Crippen LogP contribution >= 0.6 is 11.8 Å².